The second-order valence-corrected chi connectivity index (χ2v) is 8.86. The van der Waals surface area contributed by atoms with Crippen molar-refractivity contribution in [1.82, 2.24) is 10.6 Å². The van der Waals surface area contributed by atoms with E-state index in [1.807, 2.05) is 0 Å². The Morgan fingerprint density at radius 2 is 1.37 bits per heavy atom. The summed E-state index contributed by atoms with van der Waals surface area (Å²) in [4.78, 5) is 37.2. The Kier molecular flexibility index (Phi) is 9.06. The van der Waals surface area contributed by atoms with E-state index in [1.54, 1.807) is 5.32 Å². The van der Waals surface area contributed by atoms with Crippen molar-refractivity contribution >= 4 is 45.5 Å². The molecular weight excluding hydrogens is 595 g/mol. The van der Waals surface area contributed by atoms with Gasteiger partial charge in [0.2, 0.25) is 5.91 Å². The smallest absolute Gasteiger partial charge is 0.345 e. The number of ketones is 1. The molecule has 0 aromatic heterocycles. The van der Waals surface area contributed by atoms with Crippen molar-refractivity contribution in [2.45, 2.75) is 18.5 Å². The highest BCUT2D eigenvalue weighted by Crippen LogP contribution is 2.39. The van der Waals surface area contributed by atoms with Gasteiger partial charge in [0.05, 0.1) is 17.7 Å². The number of carbonyl (C=O) groups excluding carboxylic acids is 3. The van der Waals surface area contributed by atoms with Gasteiger partial charge in [0.15, 0.2) is 5.78 Å². The van der Waals surface area contributed by atoms with Crippen molar-refractivity contribution in [1.29, 1.82) is 0 Å². The first-order valence-corrected chi connectivity index (χ1v) is 11.6. The molecule has 3 aromatic rings. The van der Waals surface area contributed by atoms with Gasteiger partial charge in [-0.1, -0.05) is 35.9 Å². The predicted octanol–water partition coefficient (Wildman–Crippen LogP) is 6.75. The molecule has 0 aliphatic rings. The van der Waals surface area contributed by atoms with E-state index in [0.29, 0.717) is 12.1 Å². The third-order valence-electron chi connectivity index (χ3n) is 5.45. The largest absolute Gasteiger partial charge is 0.417 e. The molecule has 5 nitrogen and oxygen atoms in total. The lowest BCUT2D eigenvalue weighted by Crippen LogP contribution is -2.40. The average molecular weight is 611 g/mol. The number of benzene rings is 3. The molecule has 15 heteroatoms. The number of carbonyl (C=O) groups is 3. The Bertz CT molecular complexity index is 1530. The first-order valence-electron chi connectivity index (χ1n) is 11.2. The quantitative estimate of drug-likeness (QED) is 0.177. The normalized spacial score (nSPS) is 12.8. The number of hydrogen-bond donors (Lipinski definition) is 2. The Balaban J connectivity index is 1.98. The zero-order valence-corrected chi connectivity index (χ0v) is 20.9. The third-order valence-corrected chi connectivity index (χ3v) is 5.66. The topological polar surface area (TPSA) is 75.3 Å². The van der Waals surface area contributed by atoms with Crippen LogP contribution in [0.1, 0.15) is 31.8 Å². The average Bonchev–Trinajstić information content (AvgIpc) is 2.86. The molecule has 3 aromatic carbocycles. The van der Waals surface area contributed by atoms with Crippen molar-refractivity contribution in [2.75, 3.05) is 13.1 Å². The maximum Gasteiger partial charge on any atom is 0.417 e. The highest BCUT2D eigenvalue weighted by atomic mass is 35.5. The van der Waals surface area contributed by atoms with Crippen LogP contribution in [-0.4, -0.2) is 43.0 Å². The van der Waals surface area contributed by atoms with Gasteiger partial charge in [0.25, 0.3) is 5.91 Å². The molecule has 0 saturated carbocycles. The van der Waals surface area contributed by atoms with Crippen molar-refractivity contribution in [3.05, 3.63) is 87.9 Å². The van der Waals surface area contributed by atoms with Crippen LogP contribution in [0.5, 0.6) is 0 Å². The van der Waals surface area contributed by atoms with Gasteiger partial charge < -0.3 is 10.6 Å². The summed E-state index contributed by atoms with van der Waals surface area (Å²) in [7, 11) is 0. The summed E-state index contributed by atoms with van der Waals surface area (Å²) in [6, 6.07) is 8.72. The summed E-state index contributed by atoms with van der Waals surface area (Å²) in [6.07, 6.45) is -14.9. The fourth-order valence-electron chi connectivity index (χ4n) is 3.68. The second-order valence-electron chi connectivity index (χ2n) is 8.43. The molecule has 0 aliphatic heterocycles. The number of allylic oxidation sites excluding steroid dienone is 2. The minimum Gasteiger partial charge on any atom is -0.345 e. The van der Waals surface area contributed by atoms with Gasteiger partial charge in [-0.3, -0.25) is 14.4 Å². The number of nitrogens with one attached hydrogen (secondary N) is 2. The molecule has 0 saturated heterocycles. The van der Waals surface area contributed by atoms with Crippen molar-refractivity contribution in [3.8, 4) is 0 Å². The highest BCUT2D eigenvalue weighted by Gasteiger charge is 2.38. The number of rotatable bonds is 7. The lowest BCUT2D eigenvalue weighted by Gasteiger charge is -2.15. The molecule has 0 bridgehead atoms. The second kappa shape index (κ2) is 11.8. The molecule has 2 N–H and O–H groups in total. The van der Waals surface area contributed by atoms with E-state index in [2.05, 4.69) is 5.32 Å². The summed E-state index contributed by atoms with van der Waals surface area (Å²) >= 11 is 5.62. The summed E-state index contributed by atoms with van der Waals surface area (Å²) in [5.74, 6) is -3.35. The fraction of sp³-hybridized carbons (Fsp3) is 0.192. The fourth-order valence-corrected chi connectivity index (χ4v) is 3.91. The zero-order chi connectivity index (χ0) is 30.8. The van der Waals surface area contributed by atoms with Crippen molar-refractivity contribution < 1.29 is 53.9 Å². The van der Waals surface area contributed by atoms with Crippen molar-refractivity contribution in [3.63, 3.8) is 0 Å². The molecular formula is C26H16ClF9N2O3. The molecule has 3 rings (SSSR count). The standard InChI is InChI=1S/C26H16ClF9N2O3/c27-15-8-13(7-14(9-15)25(31,32)33)20(26(34,35)36)10-21(39)18-5-6-19(17-4-2-1-3-16(17)18)23(41)37-11-22(40)38-12-24(28,29)30/h1-10H,11-12H2,(H,37,41)(H,38,40). The predicted molar refractivity (Wildman–Crippen MR) is 130 cm³/mol. The van der Waals surface area contributed by atoms with E-state index >= 15 is 0 Å². The maximum atomic E-state index is 13.9. The molecule has 41 heavy (non-hydrogen) atoms. The lowest BCUT2D eigenvalue weighted by molar-refractivity contribution is -0.137. The van der Waals surface area contributed by atoms with Crippen LogP contribution in [-0.2, 0) is 11.0 Å². The lowest BCUT2D eigenvalue weighted by atomic mass is 9.94. The summed E-state index contributed by atoms with van der Waals surface area (Å²) in [5, 5.41) is 3.03. The molecule has 0 fully saturated rings. The van der Waals surface area contributed by atoms with Gasteiger partial charge in [-0.05, 0) is 52.7 Å². The Morgan fingerprint density at radius 3 is 1.93 bits per heavy atom. The zero-order valence-electron chi connectivity index (χ0n) is 20.2. The SMILES string of the molecule is O=C(CNC(=O)c1ccc(C(=O)C=C(c2cc(Cl)cc(C(F)(F)F)c2)C(F)(F)F)c2ccccc12)NCC(F)(F)F. The minimum atomic E-state index is -5.27. The molecule has 0 aliphatic carbocycles. The van der Waals surface area contributed by atoms with Crippen LogP contribution in [0.3, 0.4) is 0 Å². The summed E-state index contributed by atoms with van der Waals surface area (Å²) < 4.78 is 118. The Labute approximate surface area is 230 Å². The Hall–Kier alpha value is -4.07. The Morgan fingerprint density at radius 1 is 0.780 bits per heavy atom. The van der Waals surface area contributed by atoms with E-state index in [0.717, 1.165) is 12.1 Å². The monoisotopic (exact) mass is 610 g/mol. The molecule has 0 spiro atoms. The van der Waals surface area contributed by atoms with Gasteiger partial charge in [-0.15, -0.1) is 0 Å². The van der Waals surface area contributed by atoms with Crippen LogP contribution in [0.25, 0.3) is 16.3 Å². The van der Waals surface area contributed by atoms with Crippen LogP contribution in [0.4, 0.5) is 39.5 Å². The molecule has 2 amide bonds. The van der Waals surface area contributed by atoms with E-state index in [1.165, 1.54) is 24.3 Å². The van der Waals surface area contributed by atoms with E-state index < -0.39 is 70.9 Å². The van der Waals surface area contributed by atoms with Crippen LogP contribution < -0.4 is 10.6 Å². The number of alkyl halides is 9. The van der Waals surface area contributed by atoms with E-state index in [4.69, 9.17) is 11.6 Å². The molecule has 0 heterocycles. The van der Waals surface area contributed by atoms with Crippen LogP contribution in [0.15, 0.2) is 60.7 Å². The number of amides is 2. The molecule has 0 atom stereocenters. The van der Waals surface area contributed by atoms with Crippen molar-refractivity contribution in [2.24, 2.45) is 0 Å². The number of hydrogen-bond acceptors (Lipinski definition) is 3. The maximum absolute atomic E-state index is 13.9. The molecule has 218 valence electrons. The van der Waals surface area contributed by atoms with E-state index in [9.17, 15) is 53.9 Å². The molecule has 0 radical (unpaired) electrons. The minimum absolute atomic E-state index is 0.0217. The van der Waals surface area contributed by atoms with Gasteiger partial charge in [0.1, 0.15) is 6.54 Å². The van der Waals surface area contributed by atoms with Gasteiger partial charge >= 0.3 is 18.5 Å². The van der Waals surface area contributed by atoms with Crippen LogP contribution in [0.2, 0.25) is 5.02 Å². The van der Waals surface area contributed by atoms with Gasteiger partial charge in [0, 0.05) is 16.1 Å². The van der Waals surface area contributed by atoms with E-state index in [-0.39, 0.29) is 34.0 Å². The van der Waals surface area contributed by atoms with Crippen LogP contribution in [0, 0.1) is 0 Å². The first-order chi connectivity index (χ1) is 18.9. The highest BCUT2D eigenvalue weighted by molar-refractivity contribution is 6.31. The first kappa shape index (κ1) is 31.5. The third kappa shape index (κ3) is 8.22. The number of fused-ring (bicyclic) bond motifs is 1. The molecule has 0 unspecified atom stereocenters. The summed E-state index contributed by atoms with van der Waals surface area (Å²) in [5.41, 5.74) is -4.68. The van der Waals surface area contributed by atoms with Crippen LogP contribution >= 0.6 is 11.6 Å². The number of halogens is 10. The van der Waals surface area contributed by atoms with Gasteiger partial charge in [-0.2, -0.15) is 39.5 Å². The summed E-state index contributed by atoms with van der Waals surface area (Å²) in [6.45, 7) is -2.46. The van der Waals surface area contributed by atoms with Gasteiger partial charge in [-0.25, -0.2) is 0 Å².